The molecular formula is C17H11NOS2. The molecule has 0 atom stereocenters. The molecule has 0 unspecified atom stereocenters. The fraction of sp³-hybridized carbons (Fsp3) is 0. The largest absolute Gasteiger partial charge is 0.431 e. The summed E-state index contributed by atoms with van der Waals surface area (Å²) in [5, 5.41) is 2.91. The predicted octanol–water partition coefficient (Wildman–Crippen LogP) is 5.42. The van der Waals surface area contributed by atoms with Gasteiger partial charge in [-0.1, -0.05) is 54.7 Å². The Bertz CT molecular complexity index is 946. The van der Waals surface area contributed by atoms with Gasteiger partial charge in [0.2, 0.25) is 0 Å². The Morgan fingerprint density at radius 3 is 2.52 bits per heavy atom. The molecule has 4 heteroatoms. The van der Waals surface area contributed by atoms with E-state index in [9.17, 15) is 0 Å². The van der Waals surface area contributed by atoms with E-state index in [0.29, 0.717) is 5.22 Å². The van der Waals surface area contributed by atoms with Crippen LogP contribution in [-0.4, -0.2) is 4.98 Å². The summed E-state index contributed by atoms with van der Waals surface area (Å²) >= 11 is 5.85. The lowest BCUT2D eigenvalue weighted by Gasteiger charge is -2.03. The van der Waals surface area contributed by atoms with Crippen molar-refractivity contribution in [3.8, 4) is 0 Å². The minimum atomic E-state index is 0.401. The van der Waals surface area contributed by atoms with Crippen LogP contribution in [0.5, 0.6) is 0 Å². The third-order valence-corrected chi connectivity index (χ3v) is 4.48. The number of aromatic nitrogens is 1. The Hall–Kier alpha value is -1.91. The number of hydrogen-bond donors (Lipinski definition) is 1. The molecular weight excluding hydrogens is 298 g/mol. The molecule has 21 heavy (non-hydrogen) atoms. The van der Waals surface area contributed by atoms with Gasteiger partial charge >= 0.3 is 0 Å². The van der Waals surface area contributed by atoms with Crippen LogP contribution in [0.4, 0.5) is 0 Å². The van der Waals surface area contributed by atoms with Gasteiger partial charge in [0.15, 0.2) is 5.58 Å². The molecule has 4 rings (SSSR count). The van der Waals surface area contributed by atoms with Gasteiger partial charge in [-0.05, 0) is 41.1 Å². The van der Waals surface area contributed by atoms with Gasteiger partial charge in [0, 0.05) is 9.79 Å². The molecule has 2 nitrogen and oxygen atoms in total. The highest BCUT2D eigenvalue weighted by Crippen LogP contribution is 2.32. The summed E-state index contributed by atoms with van der Waals surface area (Å²) in [6.45, 7) is 0. The molecule has 0 bridgehead atoms. The highest BCUT2D eigenvalue weighted by atomic mass is 32.2. The first-order valence-electron chi connectivity index (χ1n) is 6.54. The number of benzene rings is 3. The van der Waals surface area contributed by atoms with E-state index in [2.05, 4.69) is 66.1 Å². The molecule has 0 amide bonds. The quantitative estimate of drug-likeness (QED) is 0.501. The summed E-state index contributed by atoms with van der Waals surface area (Å²) in [4.78, 5) is 6.52. The van der Waals surface area contributed by atoms with Gasteiger partial charge in [-0.15, -0.1) is 0 Å². The smallest absolute Gasteiger partial charge is 0.253 e. The van der Waals surface area contributed by atoms with Gasteiger partial charge in [0.25, 0.3) is 5.22 Å². The van der Waals surface area contributed by atoms with Crippen molar-refractivity contribution in [1.82, 2.24) is 4.98 Å². The van der Waals surface area contributed by atoms with Crippen molar-refractivity contribution in [2.75, 3.05) is 0 Å². The van der Waals surface area contributed by atoms with Crippen LogP contribution in [0.25, 0.3) is 21.9 Å². The van der Waals surface area contributed by atoms with E-state index < -0.39 is 0 Å². The Labute approximate surface area is 131 Å². The van der Waals surface area contributed by atoms with Gasteiger partial charge in [-0.2, -0.15) is 0 Å². The number of oxazole rings is 1. The maximum absolute atomic E-state index is 5.46. The summed E-state index contributed by atoms with van der Waals surface area (Å²) in [7, 11) is 0. The van der Waals surface area contributed by atoms with Gasteiger partial charge in [-0.25, -0.2) is 4.98 Å². The zero-order chi connectivity index (χ0) is 14.2. The van der Waals surface area contributed by atoms with Gasteiger partial charge in [-0.3, -0.25) is 0 Å². The Kier molecular flexibility index (Phi) is 3.13. The van der Waals surface area contributed by atoms with Crippen molar-refractivity contribution >= 4 is 46.3 Å². The molecule has 0 aliphatic heterocycles. The lowest BCUT2D eigenvalue weighted by molar-refractivity contribution is 0.491. The van der Waals surface area contributed by atoms with Gasteiger partial charge in [0.05, 0.1) is 0 Å². The standard InChI is InChI=1S/C17H11NOS2/c20-17-18-15-8-7-14(10-16(15)19-17)21-13-6-5-11-3-1-2-4-12(11)9-13/h1-10H,(H,18,20). The Morgan fingerprint density at radius 2 is 1.62 bits per heavy atom. The van der Waals surface area contributed by atoms with E-state index in [4.69, 9.17) is 4.42 Å². The molecule has 0 saturated carbocycles. The molecule has 1 heterocycles. The molecule has 0 N–H and O–H groups in total. The first-order valence-corrected chi connectivity index (χ1v) is 7.80. The van der Waals surface area contributed by atoms with Crippen molar-refractivity contribution in [3.63, 3.8) is 0 Å². The summed E-state index contributed by atoms with van der Waals surface area (Å²) in [6, 6.07) is 20.9. The van der Waals surface area contributed by atoms with E-state index in [1.54, 1.807) is 11.8 Å². The van der Waals surface area contributed by atoms with Crippen molar-refractivity contribution in [2.24, 2.45) is 0 Å². The van der Waals surface area contributed by atoms with Crippen LogP contribution >= 0.6 is 24.4 Å². The second-order valence-corrected chi connectivity index (χ2v) is 6.27. The average Bonchev–Trinajstić information content (AvgIpc) is 2.86. The molecule has 1 aromatic heterocycles. The fourth-order valence-electron chi connectivity index (χ4n) is 2.32. The first-order chi connectivity index (χ1) is 10.3. The summed E-state index contributed by atoms with van der Waals surface area (Å²) in [5.74, 6) is 0. The van der Waals surface area contributed by atoms with Crippen LogP contribution < -0.4 is 0 Å². The number of fused-ring (bicyclic) bond motifs is 2. The Morgan fingerprint density at radius 1 is 0.857 bits per heavy atom. The van der Waals surface area contributed by atoms with Crippen molar-refractivity contribution in [1.29, 1.82) is 0 Å². The van der Waals surface area contributed by atoms with E-state index >= 15 is 0 Å². The van der Waals surface area contributed by atoms with Crippen LogP contribution in [0.1, 0.15) is 0 Å². The molecule has 0 spiro atoms. The normalized spacial score (nSPS) is 11.3. The second-order valence-electron chi connectivity index (χ2n) is 4.74. The molecule has 102 valence electrons. The summed E-state index contributed by atoms with van der Waals surface area (Å²) in [6.07, 6.45) is 0. The number of hydrogen-bond acceptors (Lipinski definition) is 4. The maximum Gasteiger partial charge on any atom is 0.253 e. The van der Waals surface area contributed by atoms with E-state index in [0.717, 1.165) is 16.0 Å². The highest BCUT2D eigenvalue weighted by Gasteiger charge is 2.05. The predicted molar refractivity (Wildman–Crippen MR) is 89.3 cm³/mol. The number of thiol groups is 1. The average molecular weight is 309 g/mol. The monoisotopic (exact) mass is 309 g/mol. The van der Waals surface area contributed by atoms with E-state index in [1.807, 2.05) is 12.1 Å². The van der Waals surface area contributed by atoms with Crippen molar-refractivity contribution in [3.05, 3.63) is 60.7 Å². The fourth-order valence-corrected chi connectivity index (χ4v) is 3.43. The van der Waals surface area contributed by atoms with Crippen LogP contribution in [0.2, 0.25) is 0 Å². The molecule has 0 radical (unpaired) electrons. The van der Waals surface area contributed by atoms with Crippen LogP contribution in [0.3, 0.4) is 0 Å². The van der Waals surface area contributed by atoms with Crippen LogP contribution in [-0.2, 0) is 0 Å². The zero-order valence-electron chi connectivity index (χ0n) is 11.0. The molecule has 0 saturated heterocycles. The molecule has 3 aromatic carbocycles. The minimum Gasteiger partial charge on any atom is -0.431 e. The van der Waals surface area contributed by atoms with E-state index in [-0.39, 0.29) is 0 Å². The van der Waals surface area contributed by atoms with Crippen molar-refractivity contribution < 1.29 is 4.42 Å². The molecule has 0 aliphatic carbocycles. The zero-order valence-corrected chi connectivity index (χ0v) is 12.7. The number of rotatable bonds is 2. The number of nitrogens with zero attached hydrogens (tertiary/aromatic N) is 1. The first kappa shape index (κ1) is 12.8. The van der Waals surface area contributed by atoms with Crippen molar-refractivity contribution in [2.45, 2.75) is 15.0 Å². The van der Waals surface area contributed by atoms with Crippen LogP contribution in [0, 0.1) is 0 Å². The highest BCUT2D eigenvalue weighted by molar-refractivity contribution is 7.99. The van der Waals surface area contributed by atoms with E-state index in [1.165, 1.54) is 15.7 Å². The molecule has 4 aromatic rings. The van der Waals surface area contributed by atoms with Gasteiger partial charge < -0.3 is 4.42 Å². The summed E-state index contributed by atoms with van der Waals surface area (Å²) < 4.78 is 5.46. The third-order valence-electron chi connectivity index (χ3n) is 3.31. The minimum absolute atomic E-state index is 0.401. The molecule has 0 aliphatic rings. The third kappa shape index (κ3) is 2.52. The second kappa shape index (κ2) is 5.13. The summed E-state index contributed by atoms with van der Waals surface area (Å²) in [5.41, 5.74) is 1.61. The Balaban J connectivity index is 1.71. The lowest BCUT2D eigenvalue weighted by atomic mass is 10.1. The van der Waals surface area contributed by atoms with Crippen LogP contribution in [0.15, 0.2) is 80.1 Å². The SMILES string of the molecule is Sc1nc2ccc(Sc3ccc4ccccc4c3)cc2o1. The topological polar surface area (TPSA) is 26.0 Å². The van der Waals surface area contributed by atoms with Gasteiger partial charge in [0.1, 0.15) is 5.52 Å². The molecule has 0 fully saturated rings. The lowest BCUT2D eigenvalue weighted by Crippen LogP contribution is -1.76. The maximum atomic E-state index is 5.46.